The summed E-state index contributed by atoms with van der Waals surface area (Å²) in [7, 11) is 0. The monoisotopic (exact) mass is 394 g/mol. The number of fused-ring (bicyclic) bond motifs is 1. The van der Waals surface area contributed by atoms with Crippen molar-refractivity contribution in [2.75, 3.05) is 13.1 Å². The van der Waals surface area contributed by atoms with E-state index in [4.69, 9.17) is 4.74 Å². The van der Waals surface area contributed by atoms with Crippen LogP contribution in [-0.4, -0.2) is 50.5 Å². The first-order valence-electron chi connectivity index (χ1n) is 10.0. The zero-order valence-corrected chi connectivity index (χ0v) is 17.1. The molecule has 1 aromatic heterocycles. The van der Waals surface area contributed by atoms with E-state index < -0.39 is 17.7 Å². The van der Waals surface area contributed by atoms with Crippen molar-refractivity contribution >= 4 is 12.0 Å². The molecule has 0 saturated carbocycles. The number of carbonyl (C=O) groups excluding carboxylic acids is 2. The molecule has 1 atom stereocenters. The molecule has 29 heavy (non-hydrogen) atoms. The summed E-state index contributed by atoms with van der Waals surface area (Å²) in [6.07, 6.45) is 3.16. The lowest BCUT2D eigenvalue weighted by Gasteiger charge is -2.30. The number of likely N-dealkylation sites (tertiary alicyclic amines) is 1. The fourth-order valence-electron chi connectivity index (χ4n) is 3.80. The molecule has 0 N–H and O–H groups in total. The number of hydrogen-bond acceptors (Lipinski definition) is 5. The summed E-state index contributed by atoms with van der Waals surface area (Å²) in [5, 5.41) is 0. The lowest BCUT2D eigenvalue weighted by molar-refractivity contribution is -0.135. The second kappa shape index (κ2) is 7.46. The van der Waals surface area contributed by atoms with Gasteiger partial charge in [-0.3, -0.25) is 9.69 Å². The fourth-order valence-corrected chi connectivity index (χ4v) is 3.80. The second-order valence-electron chi connectivity index (χ2n) is 8.50. The van der Waals surface area contributed by atoms with Crippen molar-refractivity contribution in [2.24, 2.45) is 0 Å². The molecule has 2 aromatic rings. The van der Waals surface area contributed by atoms with Crippen LogP contribution in [0.3, 0.4) is 0 Å². The first kappa shape index (κ1) is 19.4. The zero-order valence-electron chi connectivity index (χ0n) is 17.1. The minimum Gasteiger partial charge on any atom is -0.444 e. The highest BCUT2D eigenvalue weighted by atomic mass is 16.6. The molecule has 1 aromatic carbocycles. The maximum Gasteiger partial charge on any atom is 0.411 e. The van der Waals surface area contributed by atoms with Crippen LogP contribution in [0.1, 0.15) is 50.9 Å². The average molecular weight is 394 g/mol. The van der Waals surface area contributed by atoms with Gasteiger partial charge in [-0.15, -0.1) is 0 Å². The third-order valence-electron chi connectivity index (χ3n) is 5.14. The summed E-state index contributed by atoms with van der Waals surface area (Å²) in [6, 6.07) is 8.94. The summed E-state index contributed by atoms with van der Waals surface area (Å²) in [5.41, 5.74) is 1.64. The molecule has 2 amide bonds. The third kappa shape index (κ3) is 3.95. The van der Waals surface area contributed by atoms with E-state index in [2.05, 4.69) is 9.97 Å². The van der Waals surface area contributed by atoms with E-state index in [0.717, 1.165) is 31.5 Å². The van der Waals surface area contributed by atoms with Crippen LogP contribution in [0.2, 0.25) is 0 Å². The Balaban J connectivity index is 1.69. The molecule has 7 nitrogen and oxygen atoms in total. The fraction of sp³-hybridized carbons (Fsp3) is 0.455. The molecule has 0 bridgehead atoms. The SMILES string of the molecule is CC(C)(C)OC(=O)N1Cc2nc(-c3ccccc3)ncc2[C@@H]1C(=O)N1CCCC1. The Morgan fingerprint density at radius 2 is 1.79 bits per heavy atom. The smallest absolute Gasteiger partial charge is 0.411 e. The first-order chi connectivity index (χ1) is 13.8. The van der Waals surface area contributed by atoms with Gasteiger partial charge in [0.05, 0.1) is 12.2 Å². The molecule has 7 heteroatoms. The molecular formula is C22H26N4O3. The lowest BCUT2D eigenvalue weighted by Crippen LogP contribution is -2.43. The Morgan fingerprint density at radius 3 is 2.45 bits per heavy atom. The van der Waals surface area contributed by atoms with Crippen molar-refractivity contribution in [3.05, 3.63) is 47.8 Å². The van der Waals surface area contributed by atoms with Crippen LogP contribution in [0.15, 0.2) is 36.5 Å². The predicted octanol–water partition coefficient (Wildman–Crippen LogP) is 3.56. The largest absolute Gasteiger partial charge is 0.444 e. The number of hydrogen-bond donors (Lipinski definition) is 0. The molecule has 3 heterocycles. The van der Waals surface area contributed by atoms with Gasteiger partial charge in [0.1, 0.15) is 11.6 Å². The summed E-state index contributed by atoms with van der Waals surface area (Å²) in [5.74, 6) is 0.505. The Kier molecular flexibility index (Phi) is 4.98. The summed E-state index contributed by atoms with van der Waals surface area (Å²) in [4.78, 5) is 38.6. The van der Waals surface area contributed by atoms with Crippen LogP contribution in [0, 0.1) is 0 Å². The number of ether oxygens (including phenoxy) is 1. The van der Waals surface area contributed by atoms with Crippen LogP contribution in [0.25, 0.3) is 11.4 Å². The van der Waals surface area contributed by atoms with Crippen molar-refractivity contribution in [1.29, 1.82) is 0 Å². The minimum atomic E-state index is -0.734. The molecule has 1 saturated heterocycles. The zero-order chi connectivity index (χ0) is 20.6. The quantitative estimate of drug-likeness (QED) is 0.779. The van der Waals surface area contributed by atoms with Gasteiger partial charge in [-0.2, -0.15) is 0 Å². The highest BCUT2D eigenvalue weighted by Gasteiger charge is 2.43. The normalized spacial score (nSPS) is 18.7. The van der Waals surface area contributed by atoms with Gasteiger partial charge in [-0.05, 0) is 33.6 Å². The molecule has 2 aliphatic rings. The number of aromatic nitrogens is 2. The minimum absolute atomic E-state index is 0.0804. The number of rotatable bonds is 2. The summed E-state index contributed by atoms with van der Waals surface area (Å²) < 4.78 is 5.58. The molecule has 2 aliphatic heterocycles. The third-order valence-corrected chi connectivity index (χ3v) is 5.14. The van der Waals surface area contributed by atoms with E-state index in [1.54, 1.807) is 6.20 Å². The van der Waals surface area contributed by atoms with Crippen molar-refractivity contribution in [3.8, 4) is 11.4 Å². The number of amides is 2. The van der Waals surface area contributed by atoms with Crippen molar-refractivity contribution < 1.29 is 14.3 Å². The summed E-state index contributed by atoms with van der Waals surface area (Å²) >= 11 is 0. The molecule has 0 unspecified atom stereocenters. The molecule has 152 valence electrons. The van der Waals surface area contributed by atoms with Crippen LogP contribution < -0.4 is 0 Å². The Labute approximate surface area is 170 Å². The topological polar surface area (TPSA) is 75.6 Å². The van der Waals surface area contributed by atoms with Gasteiger partial charge in [0.25, 0.3) is 0 Å². The highest BCUT2D eigenvalue weighted by Crippen LogP contribution is 2.36. The standard InChI is InChI=1S/C22H26N4O3/c1-22(2,3)29-21(28)26-14-17-16(18(26)20(27)25-11-7-8-12-25)13-23-19(24-17)15-9-5-4-6-10-15/h4-6,9-10,13,18H,7-8,11-12,14H2,1-3H3/t18-/m1/s1. The first-order valence-corrected chi connectivity index (χ1v) is 10.0. The van der Waals surface area contributed by atoms with Gasteiger partial charge in [0, 0.05) is 30.4 Å². The number of nitrogens with zero attached hydrogens (tertiary/aromatic N) is 4. The van der Waals surface area contributed by atoms with Gasteiger partial charge in [-0.1, -0.05) is 30.3 Å². The van der Waals surface area contributed by atoms with Gasteiger partial charge in [0.2, 0.25) is 5.91 Å². The molecule has 0 radical (unpaired) electrons. The maximum absolute atomic E-state index is 13.3. The molecule has 4 rings (SSSR count). The van der Waals surface area contributed by atoms with Crippen molar-refractivity contribution in [2.45, 2.75) is 51.8 Å². The highest BCUT2D eigenvalue weighted by molar-refractivity contribution is 5.88. The van der Waals surface area contributed by atoms with Crippen molar-refractivity contribution in [3.63, 3.8) is 0 Å². The van der Waals surface area contributed by atoms with E-state index in [9.17, 15) is 9.59 Å². The Bertz CT molecular complexity index is 917. The van der Waals surface area contributed by atoms with E-state index >= 15 is 0 Å². The van der Waals surface area contributed by atoms with Crippen LogP contribution in [-0.2, 0) is 16.1 Å². The van der Waals surface area contributed by atoms with Crippen LogP contribution in [0.5, 0.6) is 0 Å². The average Bonchev–Trinajstić information content (AvgIpc) is 3.34. The molecular weight excluding hydrogens is 368 g/mol. The predicted molar refractivity (Wildman–Crippen MR) is 108 cm³/mol. The van der Waals surface area contributed by atoms with Gasteiger partial charge in [-0.25, -0.2) is 14.8 Å². The molecule has 0 aliphatic carbocycles. The van der Waals surface area contributed by atoms with Gasteiger partial charge < -0.3 is 9.64 Å². The lowest BCUT2D eigenvalue weighted by atomic mass is 10.1. The molecule has 0 spiro atoms. The van der Waals surface area contributed by atoms with Crippen molar-refractivity contribution in [1.82, 2.24) is 19.8 Å². The van der Waals surface area contributed by atoms with E-state index in [0.29, 0.717) is 17.1 Å². The van der Waals surface area contributed by atoms with E-state index in [-0.39, 0.29) is 12.5 Å². The van der Waals surface area contributed by atoms with E-state index in [1.165, 1.54) is 4.90 Å². The maximum atomic E-state index is 13.3. The Hall–Kier alpha value is -2.96. The Morgan fingerprint density at radius 1 is 1.10 bits per heavy atom. The number of benzene rings is 1. The second-order valence-corrected chi connectivity index (χ2v) is 8.50. The summed E-state index contributed by atoms with van der Waals surface area (Å²) in [6.45, 7) is 7.12. The number of carbonyl (C=O) groups is 2. The molecule has 1 fully saturated rings. The van der Waals surface area contributed by atoms with Gasteiger partial charge >= 0.3 is 6.09 Å². The van der Waals surface area contributed by atoms with Gasteiger partial charge in [0.15, 0.2) is 5.82 Å². The van der Waals surface area contributed by atoms with Crippen LogP contribution in [0.4, 0.5) is 4.79 Å². The van der Waals surface area contributed by atoms with E-state index in [1.807, 2.05) is 56.0 Å². The van der Waals surface area contributed by atoms with Crippen LogP contribution >= 0.6 is 0 Å².